The lowest BCUT2D eigenvalue weighted by Crippen LogP contribution is -2.17. The second kappa shape index (κ2) is 5.60. The van der Waals surface area contributed by atoms with Gasteiger partial charge in [0.25, 0.3) is 5.56 Å². The van der Waals surface area contributed by atoms with Gasteiger partial charge >= 0.3 is 0 Å². The molecule has 1 N–H and O–H groups in total. The van der Waals surface area contributed by atoms with Crippen molar-refractivity contribution in [1.29, 1.82) is 0 Å². The van der Waals surface area contributed by atoms with E-state index in [0.717, 1.165) is 5.56 Å². The van der Waals surface area contributed by atoms with Crippen LogP contribution in [-0.4, -0.2) is 23.2 Å². The molecule has 18 heavy (non-hydrogen) atoms. The molecule has 0 radical (unpaired) electrons. The predicted octanol–water partition coefficient (Wildman–Crippen LogP) is 2.01. The van der Waals surface area contributed by atoms with Gasteiger partial charge in [0.2, 0.25) is 0 Å². The van der Waals surface area contributed by atoms with Crippen LogP contribution in [0.25, 0.3) is 11.3 Å². The fourth-order valence-electron chi connectivity index (χ4n) is 1.72. The van der Waals surface area contributed by atoms with Crippen molar-refractivity contribution >= 4 is 0 Å². The van der Waals surface area contributed by atoms with Gasteiger partial charge in [0.1, 0.15) is 5.82 Å². The molecule has 2 rings (SSSR count). The maximum atomic E-state index is 11.6. The number of hydrogen-bond donors (Lipinski definition) is 1. The van der Waals surface area contributed by atoms with E-state index >= 15 is 0 Å². The summed E-state index contributed by atoms with van der Waals surface area (Å²) in [4.78, 5) is 18.8. The summed E-state index contributed by atoms with van der Waals surface area (Å²) in [5.74, 6) is 0.649. The van der Waals surface area contributed by atoms with Crippen LogP contribution in [0.2, 0.25) is 0 Å². The van der Waals surface area contributed by atoms with Gasteiger partial charge in [0.05, 0.1) is 11.8 Å². The van der Waals surface area contributed by atoms with Crippen LogP contribution in [0.3, 0.4) is 0 Å². The minimum Gasteiger partial charge on any atom is -0.381 e. The van der Waals surface area contributed by atoms with Crippen molar-refractivity contribution in [2.75, 3.05) is 7.11 Å². The minimum atomic E-state index is -0.137. The number of aromatic amines is 1. The first-order chi connectivity index (χ1) is 8.69. The van der Waals surface area contributed by atoms with E-state index < -0.39 is 0 Å². The molecule has 0 aliphatic heterocycles. The summed E-state index contributed by atoms with van der Waals surface area (Å²) >= 11 is 0. The Bertz CT molecular complexity index is 564. The number of ether oxygens (including phenoxy) is 1. The van der Waals surface area contributed by atoms with Gasteiger partial charge in [-0.1, -0.05) is 30.3 Å². The van der Waals surface area contributed by atoms with E-state index in [-0.39, 0.29) is 11.7 Å². The highest BCUT2D eigenvalue weighted by Crippen LogP contribution is 2.14. The number of nitrogens with one attached hydrogen (secondary N) is 1. The lowest BCUT2D eigenvalue weighted by Gasteiger charge is -2.09. The smallest absolute Gasteiger partial charge is 0.251 e. The lowest BCUT2D eigenvalue weighted by molar-refractivity contribution is 0.117. The molecule has 4 nitrogen and oxygen atoms in total. The molecule has 0 spiro atoms. The van der Waals surface area contributed by atoms with Gasteiger partial charge in [-0.25, -0.2) is 4.98 Å². The molecule has 0 saturated carbocycles. The van der Waals surface area contributed by atoms with Gasteiger partial charge in [0, 0.05) is 25.2 Å². The Morgan fingerprint density at radius 2 is 2.06 bits per heavy atom. The zero-order chi connectivity index (χ0) is 13.0. The fourth-order valence-corrected chi connectivity index (χ4v) is 1.72. The average molecular weight is 244 g/mol. The summed E-state index contributed by atoms with van der Waals surface area (Å²) in [6.45, 7) is 1.94. The maximum absolute atomic E-state index is 11.6. The monoisotopic (exact) mass is 244 g/mol. The highest BCUT2D eigenvalue weighted by molar-refractivity contribution is 5.58. The average Bonchev–Trinajstić information content (AvgIpc) is 2.39. The quantitative estimate of drug-likeness (QED) is 0.895. The first-order valence-electron chi connectivity index (χ1n) is 5.87. The zero-order valence-electron chi connectivity index (χ0n) is 10.5. The molecule has 0 amide bonds. The Morgan fingerprint density at radius 3 is 2.72 bits per heavy atom. The van der Waals surface area contributed by atoms with Crippen molar-refractivity contribution in [1.82, 2.24) is 9.97 Å². The van der Waals surface area contributed by atoms with Crippen molar-refractivity contribution < 1.29 is 4.74 Å². The molecular formula is C14H16N2O2. The highest BCUT2D eigenvalue weighted by Gasteiger charge is 2.07. The van der Waals surface area contributed by atoms with Crippen LogP contribution in [0.1, 0.15) is 12.7 Å². The molecule has 0 fully saturated rings. The van der Waals surface area contributed by atoms with Gasteiger partial charge in [0.15, 0.2) is 0 Å². The molecule has 0 saturated heterocycles. The van der Waals surface area contributed by atoms with E-state index in [1.165, 1.54) is 6.07 Å². The molecule has 0 bridgehead atoms. The topological polar surface area (TPSA) is 55.0 Å². The number of benzene rings is 1. The number of aromatic nitrogens is 2. The van der Waals surface area contributed by atoms with Gasteiger partial charge < -0.3 is 9.72 Å². The molecule has 1 atom stereocenters. The molecular weight excluding hydrogens is 228 g/mol. The summed E-state index contributed by atoms with van der Waals surface area (Å²) in [6, 6.07) is 11.2. The number of rotatable bonds is 4. The third-order valence-electron chi connectivity index (χ3n) is 2.74. The van der Waals surface area contributed by atoms with Crippen LogP contribution in [0.5, 0.6) is 0 Å². The standard InChI is InChI=1S/C14H16N2O2/c1-10(18-2)8-13-15-12(9-14(17)16-13)11-6-4-3-5-7-11/h3-7,9-10H,8H2,1-2H3,(H,15,16,17). The normalized spacial score (nSPS) is 12.3. The Balaban J connectivity index is 2.36. The van der Waals surface area contributed by atoms with Crippen molar-refractivity contribution in [3.05, 3.63) is 52.6 Å². The van der Waals surface area contributed by atoms with Crippen LogP contribution in [0.15, 0.2) is 41.2 Å². The van der Waals surface area contributed by atoms with Crippen LogP contribution in [0.4, 0.5) is 0 Å². The Labute approximate surface area is 106 Å². The SMILES string of the molecule is COC(C)Cc1nc(-c2ccccc2)cc(=O)[nH]1. The minimum absolute atomic E-state index is 0.0270. The van der Waals surface area contributed by atoms with E-state index in [9.17, 15) is 4.79 Å². The second-order valence-electron chi connectivity index (χ2n) is 4.19. The third kappa shape index (κ3) is 3.05. The molecule has 1 aromatic heterocycles. The van der Waals surface area contributed by atoms with Crippen molar-refractivity contribution in [2.45, 2.75) is 19.4 Å². The van der Waals surface area contributed by atoms with E-state index in [1.807, 2.05) is 37.3 Å². The molecule has 0 aliphatic rings. The summed E-state index contributed by atoms with van der Waals surface area (Å²) < 4.78 is 5.18. The second-order valence-corrected chi connectivity index (χ2v) is 4.19. The molecule has 94 valence electrons. The molecule has 0 aliphatic carbocycles. The molecule has 4 heteroatoms. The number of methoxy groups -OCH3 is 1. The Kier molecular flexibility index (Phi) is 3.89. The van der Waals surface area contributed by atoms with Gasteiger partial charge in [-0.3, -0.25) is 4.79 Å². The maximum Gasteiger partial charge on any atom is 0.251 e. The van der Waals surface area contributed by atoms with Crippen LogP contribution < -0.4 is 5.56 Å². The summed E-state index contributed by atoms with van der Waals surface area (Å²) in [7, 11) is 1.64. The zero-order valence-corrected chi connectivity index (χ0v) is 10.5. The number of nitrogens with zero attached hydrogens (tertiary/aromatic N) is 1. The first kappa shape index (κ1) is 12.5. The van der Waals surface area contributed by atoms with Crippen molar-refractivity contribution in [2.24, 2.45) is 0 Å². The highest BCUT2D eigenvalue weighted by atomic mass is 16.5. The molecule has 1 aromatic carbocycles. The number of hydrogen-bond acceptors (Lipinski definition) is 3. The van der Waals surface area contributed by atoms with Crippen LogP contribution >= 0.6 is 0 Å². The summed E-state index contributed by atoms with van der Waals surface area (Å²) in [5.41, 5.74) is 1.50. The van der Waals surface area contributed by atoms with Gasteiger partial charge in [-0.05, 0) is 6.92 Å². The summed E-state index contributed by atoms with van der Waals surface area (Å²) in [6.07, 6.45) is 0.617. The van der Waals surface area contributed by atoms with Gasteiger partial charge in [-0.15, -0.1) is 0 Å². The van der Waals surface area contributed by atoms with Crippen molar-refractivity contribution in [3.63, 3.8) is 0 Å². The van der Waals surface area contributed by atoms with E-state index in [1.54, 1.807) is 7.11 Å². The van der Waals surface area contributed by atoms with Gasteiger partial charge in [-0.2, -0.15) is 0 Å². The number of H-pyrrole nitrogens is 1. The van der Waals surface area contributed by atoms with E-state index in [4.69, 9.17) is 4.74 Å². The largest absolute Gasteiger partial charge is 0.381 e. The summed E-state index contributed by atoms with van der Waals surface area (Å²) in [5, 5.41) is 0. The molecule has 2 aromatic rings. The molecule has 1 unspecified atom stereocenters. The third-order valence-corrected chi connectivity index (χ3v) is 2.74. The van der Waals surface area contributed by atoms with Crippen LogP contribution in [0, 0.1) is 0 Å². The fraction of sp³-hybridized carbons (Fsp3) is 0.286. The predicted molar refractivity (Wildman–Crippen MR) is 70.5 cm³/mol. The van der Waals surface area contributed by atoms with E-state index in [2.05, 4.69) is 9.97 Å². The Hall–Kier alpha value is -1.94. The van der Waals surface area contributed by atoms with Crippen LogP contribution in [-0.2, 0) is 11.2 Å². The van der Waals surface area contributed by atoms with Crippen molar-refractivity contribution in [3.8, 4) is 11.3 Å². The lowest BCUT2D eigenvalue weighted by atomic mass is 10.1. The Morgan fingerprint density at radius 1 is 1.33 bits per heavy atom. The molecule has 1 heterocycles. The first-order valence-corrected chi connectivity index (χ1v) is 5.87. The van der Waals surface area contributed by atoms with E-state index in [0.29, 0.717) is 17.9 Å².